The second kappa shape index (κ2) is 6.69. The Morgan fingerprint density at radius 1 is 1.35 bits per heavy atom. The fraction of sp³-hybridized carbons (Fsp3) is 0.833. The van der Waals surface area contributed by atoms with Gasteiger partial charge in [-0.3, -0.25) is 9.59 Å². The first kappa shape index (κ1) is 17.1. The Balaban J connectivity index is 2.76. The van der Waals surface area contributed by atoms with E-state index in [2.05, 4.69) is 5.32 Å². The summed E-state index contributed by atoms with van der Waals surface area (Å²) in [5.74, 6) is -0.942. The highest BCUT2D eigenvalue weighted by Crippen LogP contribution is 2.30. The third-order valence-electron chi connectivity index (χ3n) is 3.18. The Bertz CT molecular complexity index is 374. The molecule has 0 saturated carbocycles. The summed E-state index contributed by atoms with van der Waals surface area (Å²) in [5.41, 5.74) is -4.32. The van der Waals surface area contributed by atoms with Crippen molar-refractivity contribution in [2.75, 3.05) is 12.3 Å². The monoisotopic (exact) mass is 312 g/mol. The zero-order valence-corrected chi connectivity index (χ0v) is 12.5. The van der Waals surface area contributed by atoms with Gasteiger partial charge in [0.2, 0.25) is 11.8 Å². The van der Waals surface area contributed by atoms with Crippen molar-refractivity contribution >= 4 is 23.6 Å². The van der Waals surface area contributed by atoms with E-state index >= 15 is 0 Å². The molecule has 2 atom stereocenters. The van der Waals surface area contributed by atoms with Crippen LogP contribution in [0.5, 0.6) is 0 Å². The van der Waals surface area contributed by atoms with Crippen molar-refractivity contribution in [1.29, 1.82) is 0 Å². The summed E-state index contributed by atoms with van der Waals surface area (Å²) in [5, 5.41) is 2.64. The number of thioether (sulfide) groups is 1. The number of rotatable bonds is 5. The second-order valence-corrected chi connectivity index (χ2v) is 6.14. The van der Waals surface area contributed by atoms with E-state index in [1.165, 1.54) is 4.90 Å². The van der Waals surface area contributed by atoms with E-state index in [4.69, 9.17) is 0 Å². The van der Waals surface area contributed by atoms with E-state index in [1.54, 1.807) is 20.8 Å². The first-order valence-electron chi connectivity index (χ1n) is 6.49. The summed E-state index contributed by atoms with van der Waals surface area (Å²) in [6.07, 6.45) is 0.388. The minimum Gasteiger partial charge on any atom is -0.342 e. The number of nitrogens with zero attached hydrogens (tertiary/aromatic N) is 1. The van der Waals surface area contributed by atoms with Gasteiger partial charge in [0.05, 0.1) is 0 Å². The van der Waals surface area contributed by atoms with Crippen LogP contribution in [0.25, 0.3) is 0 Å². The largest absolute Gasteiger partial charge is 0.441 e. The van der Waals surface area contributed by atoms with Crippen molar-refractivity contribution in [3.63, 3.8) is 0 Å². The van der Waals surface area contributed by atoms with Crippen LogP contribution in [0.3, 0.4) is 0 Å². The molecule has 1 aliphatic rings. The topological polar surface area (TPSA) is 49.4 Å². The first-order chi connectivity index (χ1) is 9.17. The average molecular weight is 312 g/mol. The lowest BCUT2D eigenvalue weighted by Gasteiger charge is -2.40. The first-order valence-corrected chi connectivity index (χ1v) is 7.47. The number of piperazine rings is 1. The molecule has 0 bridgehead atoms. The lowest BCUT2D eigenvalue weighted by molar-refractivity contribution is -0.150. The maximum absolute atomic E-state index is 12.3. The predicted octanol–water partition coefficient (Wildman–Crippen LogP) is 2.00. The number of halogens is 3. The molecule has 0 aromatic heterocycles. The van der Waals surface area contributed by atoms with E-state index in [-0.39, 0.29) is 41.8 Å². The van der Waals surface area contributed by atoms with E-state index < -0.39 is 17.6 Å². The van der Waals surface area contributed by atoms with E-state index in [1.807, 2.05) is 0 Å². The Morgan fingerprint density at radius 2 is 1.95 bits per heavy atom. The number of nitrogens with one attached hydrogen (secondary N) is 1. The molecular weight excluding hydrogens is 293 g/mol. The van der Waals surface area contributed by atoms with Gasteiger partial charge in [-0.2, -0.15) is 13.2 Å². The van der Waals surface area contributed by atoms with Gasteiger partial charge >= 0.3 is 5.51 Å². The van der Waals surface area contributed by atoms with Gasteiger partial charge in [0, 0.05) is 12.3 Å². The highest BCUT2D eigenvalue weighted by molar-refractivity contribution is 8.00. The van der Waals surface area contributed by atoms with Crippen molar-refractivity contribution in [1.82, 2.24) is 10.2 Å². The average Bonchev–Trinajstić information content (AvgIpc) is 2.31. The molecule has 2 unspecified atom stereocenters. The molecule has 1 fully saturated rings. The highest BCUT2D eigenvalue weighted by atomic mass is 32.2. The number of alkyl halides is 3. The Kier molecular flexibility index (Phi) is 5.73. The standard InChI is InChI=1S/C12H19F3N2O2S/c1-4-8-10(18)16-9(7(2)3)11(19)17(8)5-6-20-12(13,14)15/h7-9H,4-6H2,1-3H3,(H,16,18). The van der Waals surface area contributed by atoms with Crippen LogP contribution in [0.1, 0.15) is 27.2 Å². The molecule has 1 heterocycles. The lowest BCUT2D eigenvalue weighted by Crippen LogP contribution is -2.64. The van der Waals surface area contributed by atoms with Crippen LogP contribution < -0.4 is 5.32 Å². The van der Waals surface area contributed by atoms with Crippen LogP contribution in [-0.4, -0.2) is 46.6 Å². The summed E-state index contributed by atoms with van der Waals surface area (Å²) < 4.78 is 36.4. The third kappa shape index (κ3) is 4.29. The fourth-order valence-electron chi connectivity index (χ4n) is 2.17. The molecule has 0 aromatic carbocycles. The minimum atomic E-state index is -4.32. The van der Waals surface area contributed by atoms with Crippen molar-refractivity contribution in [2.45, 2.75) is 44.8 Å². The number of carbonyl (C=O) groups is 2. The van der Waals surface area contributed by atoms with Crippen molar-refractivity contribution in [2.24, 2.45) is 5.92 Å². The number of carbonyl (C=O) groups excluding carboxylic acids is 2. The smallest absolute Gasteiger partial charge is 0.342 e. The van der Waals surface area contributed by atoms with E-state index in [0.717, 1.165) is 0 Å². The zero-order valence-electron chi connectivity index (χ0n) is 11.7. The summed E-state index contributed by atoms with van der Waals surface area (Å²) >= 11 is -0.173. The second-order valence-electron chi connectivity index (χ2n) is 4.98. The third-order valence-corrected chi connectivity index (χ3v) is 3.89. The van der Waals surface area contributed by atoms with Gasteiger partial charge in [0.25, 0.3) is 0 Å². The van der Waals surface area contributed by atoms with Crippen LogP contribution in [0, 0.1) is 5.92 Å². The molecule has 0 spiro atoms. The number of hydrogen-bond acceptors (Lipinski definition) is 3. The number of amides is 2. The van der Waals surface area contributed by atoms with Gasteiger partial charge in [0.1, 0.15) is 12.1 Å². The summed E-state index contributed by atoms with van der Waals surface area (Å²) in [7, 11) is 0. The van der Waals surface area contributed by atoms with Crippen molar-refractivity contribution in [3.05, 3.63) is 0 Å². The van der Waals surface area contributed by atoms with Crippen LogP contribution >= 0.6 is 11.8 Å². The quantitative estimate of drug-likeness (QED) is 0.845. The fourth-order valence-corrected chi connectivity index (χ4v) is 2.69. The van der Waals surface area contributed by atoms with E-state index in [9.17, 15) is 22.8 Å². The molecule has 0 aromatic rings. The summed E-state index contributed by atoms with van der Waals surface area (Å²) in [4.78, 5) is 25.5. The van der Waals surface area contributed by atoms with Crippen molar-refractivity contribution in [3.8, 4) is 0 Å². The van der Waals surface area contributed by atoms with Gasteiger partial charge < -0.3 is 10.2 Å². The molecule has 1 rings (SSSR count). The molecule has 1 aliphatic heterocycles. The zero-order chi connectivity index (χ0) is 15.5. The SMILES string of the molecule is CCC1C(=O)NC(C(C)C)C(=O)N1CCSC(F)(F)F. The minimum absolute atomic E-state index is 0.0713. The lowest BCUT2D eigenvalue weighted by atomic mass is 9.97. The maximum atomic E-state index is 12.3. The van der Waals surface area contributed by atoms with Gasteiger partial charge in [-0.05, 0) is 24.1 Å². The van der Waals surface area contributed by atoms with Crippen molar-refractivity contribution < 1.29 is 22.8 Å². The Morgan fingerprint density at radius 3 is 2.40 bits per heavy atom. The van der Waals surface area contributed by atoms with E-state index in [0.29, 0.717) is 6.42 Å². The Hall–Kier alpha value is -0.920. The molecule has 1 N–H and O–H groups in total. The van der Waals surface area contributed by atoms with Gasteiger partial charge in [0.15, 0.2) is 0 Å². The summed E-state index contributed by atoms with van der Waals surface area (Å²) in [6.45, 7) is 5.24. The molecule has 4 nitrogen and oxygen atoms in total. The molecule has 116 valence electrons. The molecule has 8 heteroatoms. The Labute approximate surface area is 120 Å². The molecule has 20 heavy (non-hydrogen) atoms. The van der Waals surface area contributed by atoms with Crippen LogP contribution in [-0.2, 0) is 9.59 Å². The normalized spacial score (nSPS) is 24.2. The number of hydrogen-bond donors (Lipinski definition) is 1. The molecule has 1 saturated heterocycles. The van der Waals surface area contributed by atoms with Crippen LogP contribution in [0.2, 0.25) is 0 Å². The van der Waals surface area contributed by atoms with Gasteiger partial charge in [-0.25, -0.2) is 0 Å². The van der Waals surface area contributed by atoms with Gasteiger partial charge in [-0.15, -0.1) is 0 Å². The molecular formula is C12H19F3N2O2S. The highest BCUT2D eigenvalue weighted by Gasteiger charge is 2.41. The molecule has 0 radical (unpaired) electrons. The summed E-state index contributed by atoms with van der Waals surface area (Å²) in [6, 6.07) is -1.33. The van der Waals surface area contributed by atoms with Gasteiger partial charge in [-0.1, -0.05) is 20.8 Å². The maximum Gasteiger partial charge on any atom is 0.441 e. The van der Waals surface area contributed by atoms with Crippen LogP contribution in [0.15, 0.2) is 0 Å². The predicted molar refractivity (Wildman–Crippen MR) is 71.1 cm³/mol. The molecule has 0 aliphatic carbocycles. The molecule has 2 amide bonds. The van der Waals surface area contributed by atoms with Crippen LogP contribution in [0.4, 0.5) is 13.2 Å².